The van der Waals surface area contributed by atoms with E-state index in [9.17, 15) is 9.59 Å². The predicted octanol–water partition coefficient (Wildman–Crippen LogP) is 8.59. The molecule has 0 radical (unpaired) electrons. The summed E-state index contributed by atoms with van der Waals surface area (Å²) in [6, 6.07) is 23.9. The van der Waals surface area contributed by atoms with E-state index in [-0.39, 0.29) is 46.3 Å². The molecule has 6 rings (SSSR count). The molecule has 2 saturated heterocycles. The Kier molecular flexibility index (Phi) is 8.05. The van der Waals surface area contributed by atoms with Crippen LogP contribution in [-0.4, -0.2) is 46.3 Å². The molecule has 2 heterocycles. The molecule has 0 bridgehead atoms. The molecular formula is C40H48N2O4. The third kappa shape index (κ3) is 7.13. The van der Waals surface area contributed by atoms with E-state index in [4.69, 9.17) is 9.47 Å². The van der Waals surface area contributed by atoms with E-state index in [1.807, 2.05) is 54.6 Å². The van der Waals surface area contributed by atoms with Gasteiger partial charge in [-0.3, -0.25) is 0 Å². The van der Waals surface area contributed by atoms with Gasteiger partial charge in [-0.2, -0.15) is 0 Å². The maximum absolute atomic E-state index is 14.0. The number of piperidine rings is 2. The van der Waals surface area contributed by atoms with Crippen LogP contribution in [0.4, 0.5) is 0 Å². The van der Waals surface area contributed by atoms with E-state index in [2.05, 4.69) is 84.2 Å². The van der Waals surface area contributed by atoms with Crippen molar-refractivity contribution >= 4 is 33.5 Å². The van der Waals surface area contributed by atoms with E-state index in [1.54, 1.807) is 0 Å². The summed E-state index contributed by atoms with van der Waals surface area (Å²) in [6.07, 6.45) is 2.64. The van der Waals surface area contributed by atoms with Crippen LogP contribution in [0.1, 0.15) is 102 Å². The van der Waals surface area contributed by atoms with Gasteiger partial charge in [-0.1, -0.05) is 42.5 Å². The second-order valence-electron chi connectivity index (χ2n) is 16.2. The molecule has 46 heavy (non-hydrogen) atoms. The van der Waals surface area contributed by atoms with Crippen molar-refractivity contribution in [1.82, 2.24) is 10.6 Å². The van der Waals surface area contributed by atoms with Crippen LogP contribution in [0.2, 0.25) is 0 Å². The van der Waals surface area contributed by atoms with Crippen LogP contribution in [0, 0.1) is 0 Å². The molecule has 6 heteroatoms. The molecule has 0 aliphatic carbocycles. The Bertz CT molecular complexity index is 1790. The number of esters is 2. The van der Waals surface area contributed by atoms with Crippen LogP contribution in [0.3, 0.4) is 0 Å². The summed E-state index contributed by atoms with van der Waals surface area (Å²) in [4.78, 5) is 27.3. The number of carbonyl (C=O) groups excluding carboxylic acids is 2. The topological polar surface area (TPSA) is 76.7 Å². The molecule has 2 aliphatic heterocycles. The van der Waals surface area contributed by atoms with Crippen molar-refractivity contribution in [1.29, 1.82) is 0 Å². The Morgan fingerprint density at radius 1 is 0.565 bits per heavy atom. The van der Waals surface area contributed by atoms with Crippen LogP contribution in [0.5, 0.6) is 0 Å². The number of rotatable bonds is 5. The molecule has 0 atom stereocenters. The van der Waals surface area contributed by atoms with E-state index in [0.717, 1.165) is 58.4 Å². The van der Waals surface area contributed by atoms with Gasteiger partial charge in [-0.05, 0) is 118 Å². The lowest BCUT2D eigenvalue weighted by atomic mass is 9.81. The lowest BCUT2D eigenvalue weighted by Gasteiger charge is -2.45. The zero-order valence-corrected chi connectivity index (χ0v) is 28.5. The number of hydrogen-bond donors (Lipinski definition) is 2. The number of benzene rings is 4. The van der Waals surface area contributed by atoms with E-state index in [0.29, 0.717) is 11.1 Å². The Morgan fingerprint density at radius 2 is 1.07 bits per heavy atom. The molecule has 0 saturated carbocycles. The molecule has 0 aromatic heterocycles. The van der Waals surface area contributed by atoms with Gasteiger partial charge in [-0.25, -0.2) is 9.59 Å². The number of ether oxygens (including phenoxy) is 2. The average molecular weight is 621 g/mol. The highest BCUT2D eigenvalue weighted by Crippen LogP contribution is 2.35. The minimum absolute atomic E-state index is 0.121. The minimum atomic E-state index is -0.315. The first-order chi connectivity index (χ1) is 21.5. The summed E-state index contributed by atoms with van der Waals surface area (Å²) in [7, 11) is 0. The van der Waals surface area contributed by atoms with Gasteiger partial charge < -0.3 is 20.1 Å². The Labute approximate surface area is 273 Å². The largest absolute Gasteiger partial charge is 0.459 e. The Morgan fingerprint density at radius 3 is 1.63 bits per heavy atom. The number of nitrogens with one attached hydrogen (secondary N) is 2. The normalized spacial score (nSPS) is 20.8. The summed E-state index contributed by atoms with van der Waals surface area (Å²) in [5, 5.41) is 11.3. The Hall–Kier alpha value is -3.74. The number of carbonyl (C=O) groups is 2. The molecule has 2 aliphatic rings. The van der Waals surface area contributed by atoms with Crippen molar-refractivity contribution < 1.29 is 19.1 Å². The maximum Gasteiger partial charge on any atom is 0.339 e. The first-order valence-electron chi connectivity index (χ1n) is 16.5. The summed E-state index contributed by atoms with van der Waals surface area (Å²) in [5.41, 5.74) is 2.24. The van der Waals surface area contributed by atoms with Crippen LogP contribution in [0.15, 0.2) is 72.8 Å². The van der Waals surface area contributed by atoms with Gasteiger partial charge >= 0.3 is 11.9 Å². The molecule has 242 valence electrons. The highest BCUT2D eigenvalue weighted by Gasteiger charge is 2.40. The number of hydrogen-bond acceptors (Lipinski definition) is 6. The van der Waals surface area contributed by atoms with Crippen molar-refractivity contribution in [2.75, 3.05) is 0 Å². The van der Waals surface area contributed by atoms with Gasteiger partial charge in [0.1, 0.15) is 12.2 Å². The first-order valence-corrected chi connectivity index (χ1v) is 16.5. The van der Waals surface area contributed by atoms with Crippen LogP contribution in [0.25, 0.3) is 32.7 Å². The average Bonchev–Trinajstić information content (AvgIpc) is 2.92. The Balaban J connectivity index is 1.32. The molecule has 0 unspecified atom stereocenters. The standard InChI is InChI=1S/C40H48N2O4/c1-37(2)21-31(22-38(3,4)41-37)45-35(43)29-16-14-25-13-15-28(17-30(25)18-29)33-19-26-11-9-10-12-27(26)20-34(33)36(44)46-32-23-39(5,6)42-40(7,8)24-32/h9-20,31-32,41-42H,21-24H2,1-8H3. The summed E-state index contributed by atoms with van der Waals surface area (Å²) in [6.45, 7) is 17.2. The molecule has 2 N–H and O–H groups in total. The molecule has 2 fully saturated rings. The van der Waals surface area contributed by atoms with E-state index >= 15 is 0 Å². The molecule has 4 aromatic rings. The van der Waals surface area contributed by atoms with Crippen molar-refractivity contribution in [2.24, 2.45) is 0 Å². The second kappa shape index (κ2) is 11.5. The minimum Gasteiger partial charge on any atom is -0.459 e. The SMILES string of the molecule is CC1(C)CC(OC(=O)c2ccc3ccc(-c4cc5ccccc5cc4C(=O)OC4CC(C)(C)NC(C)(C)C4)cc3c2)CC(C)(C)N1. The third-order valence-electron chi connectivity index (χ3n) is 9.35. The van der Waals surface area contributed by atoms with Gasteiger partial charge in [0.2, 0.25) is 0 Å². The van der Waals surface area contributed by atoms with Gasteiger partial charge in [0.15, 0.2) is 0 Å². The van der Waals surface area contributed by atoms with Crippen molar-refractivity contribution in [3.63, 3.8) is 0 Å². The first kappa shape index (κ1) is 32.2. The van der Waals surface area contributed by atoms with Crippen molar-refractivity contribution in [2.45, 2.75) is 115 Å². The van der Waals surface area contributed by atoms with E-state index < -0.39 is 0 Å². The van der Waals surface area contributed by atoms with Gasteiger partial charge in [0, 0.05) is 47.8 Å². The van der Waals surface area contributed by atoms with Gasteiger partial charge in [0.25, 0.3) is 0 Å². The molecule has 4 aromatic carbocycles. The zero-order valence-electron chi connectivity index (χ0n) is 28.5. The van der Waals surface area contributed by atoms with E-state index in [1.165, 1.54) is 0 Å². The quantitative estimate of drug-likeness (QED) is 0.218. The molecule has 0 spiro atoms. The predicted molar refractivity (Wildman–Crippen MR) is 186 cm³/mol. The monoisotopic (exact) mass is 620 g/mol. The fourth-order valence-electron chi connectivity index (χ4n) is 8.25. The second-order valence-corrected chi connectivity index (χ2v) is 16.2. The zero-order chi connectivity index (χ0) is 33.1. The summed E-state index contributed by atoms with van der Waals surface area (Å²) < 4.78 is 12.3. The fourth-order valence-corrected chi connectivity index (χ4v) is 8.25. The lowest BCUT2D eigenvalue weighted by molar-refractivity contribution is -0.00760. The highest BCUT2D eigenvalue weighted by atomic mass is 16.5. The molecule has 6 nitrogen and oxygen atoms in total. The van der Waals surface area contributed by atoms with Gasteiger partial charge in [0.05, 0.1) is 11.1 Å². The molecule has 0 amide bonds. The van der Waals surface area contributed by atoms with Crippen LogP contribution >= 0.6 is 0 Å². The van der Waals surface area contributed by atoms with Crippen LogP contribution < -0.4 is 10.6 Å². The smallest absolute Gasteiger partial charge is 0.339 e. The summed E-state index contributed by atoms with van der Waals surface area (Å²) >= 11 is 0. The van der Waals surface area contributed by atoms with Crippen molar-refractivity contribution in [3.05, 3.63) is 83.9 Å². The fraction of sp³-hybridized carbons (Fsp3) is 0.450. The van der Waals surface area contributed by atoms with Crippen molar-refractivity contribution in [3.8, 4) is 11.1 Å². The lowest BCUT2D eigenvalue weighted by Crippen LogP contribution is -2.59. The molecular weight excluding hydrogens is 572 g/mol. The highest BCUT2D eigenvalue weighted by molar-refractivity contribution is 6.04. The van der Waals surface area contributed by atoms with Gasteiger partial charge in [-0.15, -0.1) is 0 Å². The maximum atomic E-state index is 14.0. The third-order valence-corrected chi connectivity index (χ3v) is 9.35. The van der Waals surface area contributed by atoms with Crippen LogP contribution in [-0.2, 0) is 9.47 Å². The number of fused-ring (bicyclic) bond motifs is 2. The summed E-state index contributed by atoms with van der Waals surface area (Å²) in [5.74, 6) is -0.627.